The summed E-state index contributed by atoms with van der Waals surface area (Å²) in [5.41, 5.74) is 4.41. The lowest BCUT2D eigenvalue weighted by Crippen LogP contribution is -2.43. The van der Waals surface area contributed by atoms with Crippen LogP contribution in [0.3, 0.4) is 0 Å². The van der Waals surface area contributed by atoms with Crippen LogP contribution in [0.15, 0.2) is 83.8 Å². The first-order chi connectivity index (χ1) is 15.8. The number of carbonyl (C=O) groups excluding carboxylic acids is 2. The van der Waals surface area contributed by atoms with Gasteiger partial charge in [-0.25, -0.2) is 8.42 Å². The zero-order valence-electron chi connectivity index (χ0n) is 16.9. The minimum Gasteiger partial charge on any atom is -0.477 e. The molecule has 0 atom stereocenters. The molecule has 0 aliphatic rings. The van der Waals surface area contributed by atoms with Crippen molar-refractivity contribution < 1.29 is 27.7 Å². The summed E-state index contributed by atoms with van der Waals surface area (Å²) in [5.74, 6) is -1.49. The molecule has 0 saturated carbocycles. The molecule has 0 radical (unpaired) electrons. The van der Waals surface area contributed by atoms with Gasteiger partial charge in [0.05, 0.1) is 9.82 Å². The Balaban J connectivity index is 1.52. The standard InChI is InChI=1S/C21H18N4O7S/c26-20(14-32-19-9-5-4-8-18(19)25(28)29)22-23-21(27)15-10-12-16(13-11-15)24-33(30,31)17-6-2-1-3-7-17/h1-13,24H,14H2,(H,22,26)(H,23,27). The molecule has 12 heteroatoms. The number of carbonyl (C=O) groups is 2. The van der Waals surface area contributed by atoms with Crippen LogP contribution in [0, 0.1) is 10.1 Å². The van der Waals surface area contributed by atoms with Crippen LogP contribution in [0.4, 0.5) is 11.4 Å². The van der Waals surface area contributed by atoms with E-state index in [-0.39, 0.29) is 27.6 Å². The third-order valence-electron chi connectivity index (χ3n) is 4.19. The van der Waals surface area contributed by atoms with Crippen molar-refractivity contribution in [3.8, 4) is 5.75 Å². The second-order valence-electron chi connectivity index (χ2n) is 6.51. The first-order valence-corrected chi connectivity index (χ1v) is 10.9. The summed E-state index contributed by atoms with van der Waals surface area (Å²) in [5, 5.41) is 10.9. The molecule has 0 aliphatic heterocycles. The van der Waals surface area contributed by atoms with Gasteiger partial charge in [0, 0.05) is 17.3 Å². The number of rotatable bonds is 8. The predicted molar refractivity (Wildman–Crippen MR) is 118 cm³/mol. The number of hydrogen-bond donors (Lipinski definition) is 3. The van der Waals surface area contributed by atoms with Gasteiger partial charge in [0.2, 0.25) is 0 Å². The van der Waals surface area contributed by atoms with E-state index in [0.717, 1.165) is 0 Å². The molecule has 2 amide bonds. The van der Waals surface area contributed by atoms with E-state index in [0.29, 0.717) is 0 Å². The fraction of sp³-hybridized carbons (Fsp3) is 0.0476. The van der Waals surface area contributed by atoms with Gasteiger partial charge >= 0.3 is 5.69 Å². The molecular formula is C21H18N4O7S. The highest BCUT2D eigenvalue weighted by Gasteiger charge is 2.16. The van der Waals surface area contributed by atoms with Crippen molar-refractivity contribution in [3.05, 3.63) is 94.5 Å². The molecule has 33 heavy (non-hydrogen) atoms. The van der Waals surface area contributed by atoms with E-state index in [4.69, 9.17) is 4.74 Å². The number of anilines is 1. The first kappa shape index (κ1) is 23.2. The zero-order valence-corrected chi connectivity index (χ0v) is 17.7. The van der Waals surface area contributed by atoms with Crippen molar-refractivity contribution in [2.24, 2.45) is 0 Å². The smallest absolute Gasteiger partial charge is 0.310 e. The van der Waals surface area contributed by atoms with Crippen LogP contribution in [0.5, 0.6) is 5.75 Å². The molecule has 0 unspecified atom stereocenters. The molecule has 3 aromatic carbocycles. The summed E-state index contributed by atoms with van der Waals surface area (Å²) in [6.07, 6.45) is 0. The van der Waals surface area contributed by atoms with Crippen LogP contribution in [0.25, 0.3) is 0 Å². The fourth-order valence-corrected chi connectivity index (χ4v) is 3.69. The van der Waals surface area contributed by atoms with Gasteiger partial charge in [-0.1, -0.05) is 30.3 Å². The zero-order chi connectivity index (χ0) is 23.8. The Bertz CT molecular complexity index is 1260. The largest absolute Gasteiger partial charge is 0.477 e. The molecule has 3 rings (SSSR count). The Kier molecular flexibility index (Phi) is 7.20. The normalized spacial score (nSPS) is 10.7. The highest BCUT2D eigenvalue weighted by atomic mass is 32.2. The van der Waals surface area contributed by atoms with E-state index >= 15 is 0 Å². The van der Waals surface area contributed by atoms with E-state index in [2.05, 4.69) is 15.6 Å². The molecule has 11 nitrogen and oxygen atoms in total. The Morgan fingerprint density at radius 2 is 1.52 bits per heavy atom. The number of nitrogens with one attached hydrogen (secondary N) is 3. The van der Waals surface area contributed by atoms with Gasteiger partial charge in [-0.05, 0) is 42.5 Å². The monoisotopic (exact) mass is 470 g/mol. The molecule has 3 aromatic rings. The number of ether oxygens (including phenoxy) is 1. The maximum absolute atomic E-state index is 12.3. The molecule has 0 spiro atoms. The van der Waals surface area contributed by atoms with Gasteiger partial charge in [0.1, 0.15) is 0 Å². The molecule has 0 saturated heterocycles. The summed E-state index contributed by atoms with van der Waals surface area (Å²) in [4.78, 5) is 34.5. The molecule has 0 aromatic heterocycles. The molecule has 0 bridgehead atoms. The lowest BCUT2D eigenvalue weighted by Gasteiger charge is -2.10. The van der Waals surface area contributed by atoms with Gasteiger partial charge in [-0.15, -0.1) is 0 Å². The Morgan fingerprint density at radius 3 is 2.18 bits per heavy atom. The number of nitro benzene ring substituents is 1. The van der Waals surface area contributed by atoms with Crippen LogP contribution in [0.2, 0.25) is 0 Å². The molecule has 0 heterocycles. The highest BCUT2D eigenvalue weighted by Crippen LogP contribution is 2.25. The maximum atomic E-state index is 12.3. The molecular weight excluding hydrogens is 452 g/mol. The summed E-state index contributed by atoms with van der Waals surface area (Å²) < 4.78 is 32.2. The Labute approximate surface area is 188 Å². The van der Waals surface area contributed by atoms with E-state index in [1.165, 1.54) is 60.7 Å². The number of nitrogens with zero attached hydrogens (tertiary/aromatic N) is 1. The van der Waals surface area contributed by atoms with Crippen molar-refractivity contribution >= 4 is 33.2 Å². The maximum Gasteiger partial charge on any atom is 0.310 e. The quantitative estimate of drug-likeness (QED) is 0.336. The molecule has 0 fully saturated rings. The first-order valence-electron chi connectivity index (χ1n) is 9.39. The van der Waals surface area contributed by atoms with E-state index in [1.54, 1.807) is 18.2 Å². The van der Waals surface area contributed by atoms with Crippen molar-refractivity contribution in [2.75, 3.05) is 11.3 Å². The second kappa shape index (κ2) is 10.2. The number of para-hydroxylation sites is 2. The van der Waals surface area contributed by atoms with Crippen LogP contribution in [-0.2, 0) is 14.8 Å². The number of sulfonamides is 1. The average molecular weight is 470 g/mol. The third-order valence-corrected chi connectivity index (χ3v) is 5.59. The second-order valence-corrected chi connectivity index (χ2v) is 8.19. The fourth-order valence-electron chi connectivity index (χ4n) is 2.61. The van der Waals surface area contributed by atoms with E-state index < -0.39 is 33.4 Å². The molecule has 3 N–H and O–H groups in total. The van der Waals surface area contributed by atoms with Crippen molar-refractivity contribution in [2.45, 2.75) is 4.90 Å². The Hall–Kier alpha value is -4.45. The number of benzene rings is 3. The Morgan fingerprint density at radius 1 is 0.879 bits per heavy atom. The summed E-state index contributed by atoms with van der Waals surface area (Å²) >= 11 is 0. The number of amides is 2. The average Bonchev–Trinajstić information content (AvgIpc) is 2.82. The van der Waals surface area contributed by atoms with Crippen LogP contribution in [-0.4, -0.2) is 31.8 Å². The topological polar surface area (TPSA) is 157 Å². The van der Waals surface area contributed by atoms with Gasteiger partial charge in [-0.3, -0.25) is 35.3 Å². The van der Waals surface area contributed by atoms with Crippen LogP contribution < -0.4 is 20.3 Å². The highest BCUT2D eigenvalue weighted by molar-refractivity contribution is 7.92. The van der Waals surface area contributed by atoms with E-state index in [1.807, 2.05) is 0 Å². The van der Waals surface area contributed by atoms with Crippen LogP contribution >= 0.6 is 0 Å². The van der Waals surface area contributed by atoms with Crippen molar-refractivity contribution in [3.63, 3.8) is 0 Å². The van der Waals surface area contributed by atoms with Gasteiger partial charge < -0.3 is 4.74 Å². The minimum absolute atomic E-state index is 0.0856. The summed E-state index contributed by atoms with van der Waals surface area (Å²) in [6.45, 7) is -0.564. The third kappa shape index (κ3) is 6.27. The van der Waals surface area contributed by atoms with Gasteiger partial charge in [-0.2, -0.15) is 0 Å². The molecule has 0 aliphatic carbocycles. The predicted octanol–water partition coefficient (Wildman–Crippen LogP) is 2.24. The van der Waals surface area contributed by atoms with Gasteiger partial charge in [0.25, 0.3) is 21.8 Å². The van der Waals surface area contributed by atoms with Gasteiger partial charge in [0.15, 0.2) is 12.4 Å². The SMILES string of the molecule is O=C(COc1ccccc1[N+](=O)[O-])NNC(=O)c1ccc(NS(=O)(=O)c2ccccc2)cc1. The minimum atomic E-state index is -3.77. The number of nitro groups is 1. The lowest BCUT2D eigenvalue weighted by molar-refractivity contribution is -0.385. The lowest BCUT2D eigenvalue weighted by atomic mass is 10.2. The van der Waals surface area contributed by atoms with E-state index in [9.17, 15) is 28.1 Å². The molecule has 170 valence electrons. The number of hydrazine groups is 1. The number of hydrogen-bond acceptors (Lipinski definition) is 7. The summed E-state index contributed by atoms with van der Waals surface area (Å²) in [6, 6.07) is 18.9. The van der Waals surface area contributed by atoms with Crippen LogP contribution in [0.1, 0.15) is 10.4 Å². The van der Waals surface area contributed by atoms with Crippen molar-refractivity contribution in [1.82, 2.24) is 10.9 Å². The van der Waals surface area contributed by atoms with Crippen molar-refractivity contribution in [1.29, 1.82) is 0 Å². The summed E-state index contributed by atoms with van der Waals surface area (Å²) in [7, 11) is -3.77.